The molecule has 5 nitrogen and oxygen atoms in total. The third kappa shape index (κ3) is 2.07. The third-order valence-corrected chi connectivity index (χ3v) is 3.26. The van der Waals surface area contributed by atoms with Crippen molar-refractivity contribution in [2.45, 2.75) is 0 Å². The number of anilines is 1. The lowest BCUT2D eigenvalue weighted by Gasteiger charge is -2.40. The second kappa shape index (κ2) is 4.96. The Bertz CT molecular complexity index is 437. The summed E-state index contributed by atoms with van der Waals surface area (Å²) < 4.78 is 10.2. The molecule has 1 saturated heterocycles. The fourth-order valence-corrected chi connectivity index (χ4v) is 1.92. The Morgan fingerprint density at radius 2 is 2.28 bits per heavy atom. The van der Waals surface area contributed by atoms with Crippen LogP contribution in [0.4, 0.5) is 5.69 Å². The smallest absolute Gasteiger partial charge is 0.239 e. The van der Waals surface area contributed by atoms with Crippen molar-refractivity contribution in [1.29, 1.82) is 0 Å². The third-order valence-electron chi connectivity index (χ3n) is 3.26. The number of benzene rings is 1. The summed E-state index contributed by atoms with van der Waals surface area (Å²) in [6.07, 6.45) is 0. The fraction of sp³-hybridized carbons (Fsp3) is 0.462. The molecular formula is C13H17NO4. The minimum atomic E-state index is -0.780. The van der Waals surface area contributed by atoms with Crippen LogP contribution < -0.4 is 9.64 Å². The molecule has 0 saturated carbocycles. The minimum absolute atomic E-state index is 0.135. The van der Waals surface area contributed by atoms with E-state index in [2.05, 4.69) is 0 Å². The van der Waals surface area contributed by atoms with Crippen LogP contribution in [-0.2, 0) is 9.53 Å². The maximum atomic E-state index is 12.3. The number of rotatable bonds is 4. The topological polar surface area (TPSA) is 59.0 Å². The van der Waals surface area contributed by atoms with Crippen LogP contribution in [0.25, 0.3) is 0 Å². The number of hydrogen-bond donors (Lipinski definition) is 1. The van der Waals surface area contributed by atoms with Crippen molar-refractivity contribution < 1.29 is 19.4 Å². The van der Waals surface area contributed by atoms with Crippen molar-refractivity contribution >= 4 is 11.6 Å². The second-order valence-corrected chi connectivity index (χ2v) is 4.50. The van der Waals surface area contributed by atoms with Crippen LogP contribution >= 0.6 is 0 Å². The van der Waals surface area contributed by atoms with E-state index in [-0.39, 0.29) is 25.7 Å². The first kappa shape index (κ1) is 12.9. The molecule has 98 valence electrons. The van der Waals surface area contributed by atoms with E-state index in [1.165, 1.54) is 4.90 Å². The standard InChI is InChI=1S/C13H17NO4/c1-14(10-4-3-5-11(6-10)17-2)12(16)13(7-15)8-18-9-13/h3-6,15H,7-9H2,1-2H3. The summed E-state index contributed by atoms with van der Waals surface area (Å²) in [6.45, 7) is 0.355. The van der Waals surface area contributed by atoms with E-state index >= 15 is 0 Å². The normalized spacial score (nSPS) is 16.8. The van der Waals surface area contributed by atoms with E-state index in [1.54, 1.807) is 20.2 Å². The molecule has 0 radical (unpaired) electrons. The molecule has 1 amide bonds. The fourth-order valence-electron chi connectivity index (χ4n) is 1.92. The van der Waals surface area contributed by atoms with Crippen LogP contribution in [0.15, 0.2) is 24.3 Å². The zero-order valence-electron chi connectivity index (χ0n) is 10.5. The number of amides is 1. The van der Waals surface area contributed by atoms with Gasteiger partial charge in [0.2, 0.25) is 5.91 Å². The molecule has 1 heterocycles. The van der Waals surface area contributed by atoms with Gasteiger partial charge in [-0.15, -0.1) is 0 Å². The number of carbonyl (C=O) groups is 1. The quantitative estimate of drug-likeness (QED) is 0.854. The van der Waals surface area contributed by atoms with Gasteiger partial charge in [-0.3, -0.25) is 4.79 Å². The van der Waals surface area contributed by atoms with Gasteiger partial charge in [-0.1, -0.05) is 6.07 Å². The molecule has 1 aliphatic heterocycles. The summed E-state index contributed by atoms with van der Waals surface area (Å²) in [5, 5.41) is 9.35. The first-order valence-electron chi connectivity index (χ1n) is 5.74. The van der Waals surface area contributed by atoms with Crippen molar-refractivity contribution in [3.05, 3.63) is 24.3 Å². The average molecular weight is 251 g/mol. The average Bonchev–Trinajstić information content (AvgIpc) is 2.37. The van der Waals surface area contributed by atoms with Gasteiger partial charge in [-0.25, -0.2) is 0 Å². The summed E-state index contributed by atoms with van der Waals surface area (Å²) in [6, 6.07) is 7.24. The highest BCUT2D eigenvalue weighted by molar-refractivity contribution is 5.98. The SMILES string of the molecule is COc1cccc(N(C)C(=O)C2(CO)COC2)c1. The minimum Gasteiger partial charge on any atom is -0.497 e. The highest BCUT2D eigenvalue weighted by Gasteiger charge is 2.47. The molecule has 0 unspecified atom stereocenters. The van der Waals surface area contributed by atoms with E-state index in [9.17, 15) is 9.90 Å². The van der Waals surface area contributed by atoms with Crippen LogP contribution in [0.3, 0.4) is 0 Å². The van der Waals surface area contributed by atoms with E-state index < -0.39 is 5.41 Å². The van der Waals surface area contributed by atoms with Gasteiger partial charge in [0, 0.05) is 18.8 Å². The summed E-state index contributed by atoms with van der Waals surface area (Å²) in [7, 11) is 3.27. The van der Waals surface area contributed by atoms with Crippen LogP contribution in [0, 0.1) is 5.41 Å². The van der Waals surface area contributed by atoms with Gasteiger partial charge in [0.25, 0.3) is 0 Å². The largest absolute Gasteiger partial charge is 0.497 e. The molecule has 1 aromatic rings. The van der Waals surface area contributed by atoms with Crippen molar-refractivity contribution in [2.75, 3.05) is 38.9 Å². The molecule has 0 spiro atoms. The molecular weight excluding hydrogens is 234 g/mol. The Balaban J connectivity index is 2.19. The Kier molecular flexibility index (Phi) is 3.54. The number of ether oxygens (including phenoxy) is 2. The predicted octanol–water partition coefficient (Wildman–Crippen LogP) is 0.667. The zero-order chi connectivity index (χ0) is 13.2. The molecule has 1 aromatic carbocycles. The van der Waals surface area contributed by atoms with E-state index in [0.717, 1.165) is 5.69 Å². The van der Waals surface area contributed by atoms with Crippen LogP contribution in [0.5, 0.6) is 5.75 Å². The Labute approximate surface area is 106 Å². The Hall–Kier alpha value is -1.59. The van der Waals surface area contributed by atoms with Crippen molar-refractivity contribution in [1.82, 2.24) is 0 Å². The molecule has 1 fully saturated rings. The summed E-state index contributed by atoms with van der Waals surface area (Å²) in [4.78, 5) is 13.9. The zero-order valence-corrected chi connectivity index (χ0v) is 10.5. The summed E-state index contributed by atoms with van der Waals surface area (Å²) in [5.41, 5.74) is -0.0447. The highest BCUT2D eigenvalue weighted by atomic mass is 16.5. The van der Waals surface area contributed by atoms with Crippen molar-refractivity contribution in [3.8, 4) is 5.75 Å². The van der Waals surface area contributed by atoms with Gasteiger partial charge in [-0.2, -0.15) is 0 Å². The van der Waals surface area contributed by atoms with Gasteiger partial charge in [-0.05, 0) is 12.1 Å². The van der Waals surface area contributed by atoms with Crippen LogP contribution in [-0.4, -0.2) is 45.0 Å². The van der Waals surface area contributed by atoms with Gasteiger partial charge in [0.05, 0.1) is 26.9 Å². The Morgan fingerprint density at radius 1 is 1.56 bits per heavy atom. The number of aliphatic hydroxyl groups is 1. The monoisotopic (exact) mass is 251 g/mol. The molecule has 1 N–H and O–H groups in total. The van der Waals surface area contributed by atoms with Crippen LogP contribution in [0.2, 0.25) is 0 Å². The molecule has 5 heteroatoms. The number of nitrogens with zero attached hydrogens (tertiary/aromatic N) is 1. The highest BCUT2D eigenvalue weighted by Crippen LogP contribution is 2.31. The van der Waals surface area contributed by atoms with E-state index in [4.69, 9.17) is 9.47 Å². The lowest BCUT2D eigenvalue weighted by Crippen LogP contribution is -2.56. The lowest BCUT2D eigenvalue weighted by molar-refractivity contribution is -0.166. The molecule has 18 heavy (non-hydrogen) atoms. The molecule has 0 aliphatic carbocycles. The van der Waals surface area contributed by atoms with E-state index in [0.29, 0.717) is 5.75 Å². The number of aliphatic hydroxyl groups excluding tert-OH is 1. The summed E-state index contributed by atoms with van der Waals surface area (Å²) in [5.74, 6) is 0.555. The molecule has 0 atom stereocenters. The Morgan fingerprint density at radius 3 is 2.78 bits per heavy atom. The van der Waals surface area contributed by atoms with E-state index in [1.807, 2.05) is 18.2 Å². The maximum Gasteiger partial charge on any atom is 0.239 e. The van der Waals surface area contributed by atoms with Gasteiger partial charge >= 0.3 is 0 Å². The van der Waals surface area contributed by atoms with Crippen molar-refractivity contribution in [3.63, 3.8) is 0 Å². The number of methoxy groups -OCH3 is 1. The second-order valence-electron chi connectivity index (χ2n) is 4.50. The first-order chi connectivity index (χ1) is 8.63. The molecule has 0 aromatic heterocycles. The van der Waals surface area contributed by atoms with Gasteiger partial charge in [0.1, 0.15) is 11.2 Å². The number of carbonyl (C=O) groups excluding carboxylic acids is 1. The summed E-state index contributed by atoms with van der Waals surface area (Å²) >= 11 is 0. The first-order valence-corrected chi connectivity index (χ1v) is 5.74. The predicted molar refractivity (Wildman–Crippen MR) is 66.7 cm³/mol. The molecule has 2 rings (SSSR count). The van der Waals surface area contributed by atoms with Gasteiger partial charge in [0.15, 0.2) is 0 Å². The van der Waals surface area contributed by atoms with Gasteiger partial charge < -0.3 is 19.5 Å². The maximum absolute atomic E-state index is 12.3. The van der Waals surface area contributed by atoms with Crippen molar-refractivity contribution in [2.24, 2.45) is 5.41 Å². The molecule has 1 aliphatic rings. The number of hydrogen-bond acceptors (Lipinski definition) is 4. The molecule has 0 bridgehead atoms. The van der Waals surface area contributed by atoms with Crippen LogP contribution in [0.1, 0.15) is 0 Å². The lowest BCUT2D eigenvalue weighted by atomic mass is 9.85.